The van der Waals surface area contributed by atoms with Crippen molar-refractivity contribution < 1.29 is 9.59 Å². The monoisotopic (exact) mass is 396 g/mol. The van der Waals surface area contributed by atoms with Gasteiger partial charge in [0.2, 0.25) is 5.91 Å². The molecule has 4 aliphatic rings. The van der Waals surface area contributed by atoms with Crippen LogP contribution in [0.2, 0.25) is 0 Å². The number of nitrogens with one attached hydrogen (secondary N) is 2. The standard InChI is InChI=1S/C21H24N4O2S/c26-18(12-28-19-17-4-2-1-3-16(17)11-22-25-19)23-20(27)24-21-8-13-5-14(9-21)7-15(6-13)10-21/h1-4,11,13-15H,5-10,12H2,(H2,23,24,26,27). The molecule has 0 atom stereocenters. The molecule has 0 spiro atoms. The van der Waals surface area contributed by atoms with Gasteiger partial charge in [0.15, 0.2) is 0 Å². The largest absolute Gasteiger partial charge is 0.332 e. The van der Waals surface area contributed by atoms with E-state index in [-0.39, 0.29) is 23.2 Å². The molecule has 4 saturated carbocycles. The van der Waals surface area contributed by atoms with E-state index in [2.05, 4.69) is 20.8 Å². The lowest BCUT2D eigenvalue weighted by Crippen LogP contribution is -2.61. The molecule has 1 aromatic carbocycles. The summed E-state index contributed by atoms with van der Waals surface area (Å²) in [4.78, 5) is 24.8. The van der Waals surface area contributed by atoms with Gasteiger partial charge in [-0.2, -0.15) is 5.10 Å². The van der Waals surface area contributed by atoms with Crippen LogP contribution in [-0.2, 0) is 4.79 Å². The lowest BCUT2D eigenvalue weighted by Gasteiger charge is -2.56. The van der Waals surface area contributed by atoms with E-state index in [0.29, 0.717) is 5.03 Å². The number of hydrogen-bond acceptors (Lipinski definition) is 5. The van der Waals surface area contributed by atoms with Gasteiger partial charge < -0.3 is 5.32 Å². The van der Waals surface area contributed by atoms with Crippen LogP contribution in [0.15, 0.2) is 35.5 Å². The first kappa shape index (κ1) is 17.9. The summed E-state index contributed by atoms with van der Waals surface area (Å²) >= 11 is 1.30. The summed E-state index contributed by atoms with van der Waals surface area (Å²) < 4.78 is 0. The molecular weight excluding hydrogens is 372 g/mol. The molecule has 3 amide bonds. The van der Waals surface area contributed by atoms with Gasteiger partial charge in [-0.15, -0.1) is 5.10 Å². The van der Waals surface area contributed by atoms with E-state index in [9.17, 15) is 9.59 Å². The van der Waals surface area contributed by atoms with Crippen molar-refractivity contribution in [3.8, 4) is 0 Å². The fourth-order valence-electron chi connectivity index (χ4n) is 5.94. The van der Waals surface area contributed by atoms with Gasteiger partial charge in [-0.05, 0) is 56.3 Å². The van der Waals surface area contributed by atoms with E-state index in [0.717, 1.165) is 47.8 Å². The van der Waals surface area contributed by atoms with Crippen LogP contribution in [0.25, 0.3) is 10.8 Å². The zero-order valence-corrected chi connectivity index (χ0v) is 16.5. The Morgan fingerprint density at radius 1 is 1.07 bits per heavy atom. The maximum atomic E-state index is 12.5. The van der Waals surface area contributed by atoms with E-state index in [1.165, 1.54) is 31.0 Å². The summed E-state index contributed by atoms with van der Waals surface area (Å²) in [7, 11) is 0. The van der Waals surface area contributed by atoms with Crippen molar-refractivity contribution in [1.29, 1.82) is 0 Å². The van der Waals surface area contributed by atoms with Gasteiger partial charge in [0.1, 0.15) is 5.03 Å². The Balaban J connectivity index is 1.18. The number of benzene rings is 1. The van der Waals surface area contributed by atoms with Crippen LogP contribution in [0.5, 0.6) is 0 Å². The molecule has 6 rings (SSSR count). The molecule has 146 valence electrons. The van der Waals surface area contributed by atoms with Gasteiger partial charge in [-0.25, -0.2) is 4.79 Å². The van der Waals surface area contributed by atoms with Crippen LogP contribution < -0.4 is 10.6 Å². The lowest BCUT2D eigenvalue weighted by atomic mass is 9.53. The van der Waals surface area contributed by atoms with Gasteiger partial charge in [-0.3, -0.25) is 10.1 Å². The highest BCUT2D eigenvalue weighted by molar-refractivity contribution is 8.00. The quantitative estimate of drug-likeness (QED) is 0.773. The Kier molecular flexibility index (Phi) is 4.50. The van der Waals surface area contributed by atoms with Crippen molar-refractivity contribution in [2.24, 2.45) is 17.8 Å². The number of fused-ring (bicyclic) bond motifs is 1. The summed E-state index contributed by atoms with van der Waals surface area (Å²) in [6.07, 6.45) is 8.89. The molecule has 0 unspecified atom stereocenters. The number of carbonyl (C=O) groups excluding carboxylic acids is 2. The normalized spacial score (nSPS) is 30.4. The smallest absolute Gasteiger partial charge is 0.321 e. The molecule has 2 aromatic rings. The predicted molar refractivity (Wildman–Crippen MR) is 108 cm³/mol. The minimum Gasteiger partial charge on any atom is -0.332 e. The lowest BCUT2D eigenvalue weighted by molar-refractivity contribution is -0.117. The van der Waals surface area contributed by atoms with Gasteiger partial charge in [-0.1, -0.05) is 36.0 Å². The van der Waals surface area contributed by atoms with Crippen molar-refractivity contribution in [3.63, 3.8) is 0 Å². The highest BCUT2D eigenvalue weighted by Crippen LogP contribution is 2.55. The van der Waals surface area contributed by atoms with Gasteiger partial charge in [0, 0.05) is 16.3 Å². The predicted octanol–water partition coefficient (Wildman–Crippen LogP) is 3.52. The van der Waals surface area contributed by atoms with Crippen LogP contribution in [-0.4, -0.2) is 33.4 Å². The van der Waals surface area contributed by atoms with Gasteiger partial charge >= 0.3 is 6.03 Å². The highest BCUT2D eigenvalue weighted by Gasteiger charge is 2.51. The van der Waals surface area contributed by atoms with E-state index in [1.54, 1.807) is 6.20 Å². The molecule has 1 aromatic heterocycles. The molecule has 2 N–H and O–H groups in total. The van der Waals surface area contributed by atoms with Crippen molar-refractivity contribution >= 4 is 34.5 Å². The maximum absolute atomic E-state index is 12.5. The molecule has 4 fully saturated rings. The van der Waals surface area contributed by atoms with E-state index in [1.807, 2.05) is 24.3 Å². The molecule has 1 heterocycles. The minimum absolute atomic E-state index is 0.0899. The zero-order valence-electron chi connectivity index (χ0n) is 15.7. The Labute approximate surface area is 168 Å². The number of amides is 3. The third kappa shape index (κ3) is 3.48. The second kappa shape index (κ2) is 7.03. The van der Waals surface area contributed by atoms with Crippen molar-refractivity contribution in [2.75, 3.05) is 5.75 Å². The zero-order chi connectivity index (χ0) is 19.1. The first-order valence-electron chi connectivity index (χ1n) is 10.0. The molecule has 0 radical (unpaired) electrons. The van der Waals surface area contributed by atoms with E-state index < -0.39 is 0 Å². The second-order valence-corrected chi connectivity index (χ2v) is 9.69. The van der Waals surface area contributed by atoms with Crippen LogP contribution >= 0.6 is 11.8 Å². The Bertz CT molecular complexity index is 891. The first-order chi connectivity index (χ1) is 13.6. The molecule has 0 aliphatic heterocycles. The number of rotatable bonds is 4. The topological polar surface area (TPSA) is 84.0 Å². The number of carbonyl (C=O) groups is 2. The number of urea groups is 1. The summed E-state index contributed by atoms with van der Waals surface area (Å²) in [6, 6.07) is 7.46. The number of thioether (sulfide) groups is 1. The fraction of sp³-hybridized carbons (Fsp3) is 0.524. The number of nitrogens with zero attached hydrogens (tertiary/aromatic N) is 2. The van der Waals surface area contributed by atoms with Gasteiger partial charge in [0.25, 0.3) is 0 Å². The van der Waals surface area contributed by atoms with Crippen LogP contribution in [0.1, 0.15) is 38.5 Å². The summed E-state index contributed by atoms with van der Waals surface area (Å²) in [5, 5.41) is 16.5. The van der Waals surface area contributed by atoms with E-state index >= 15 is 0 Å². The van der Waals surface area contributed by atoms with Crippen LogP contribution in [0, 0.1) is 17.8 Å². The van der Waals surface area contributed by atoms with Crippen molar-refractivity contribution in [2.45, 2.75) is 49.1 Å². The fourth-order valence-corrected chi connectivity index (χ4v) is 6.73. The molecule has 28 heavy (non-hydrogen) atoms. The summed E-state index contributed by atoms with van der Waals surface area (Å²) in [5.41, 5.74) is -0.0899. The van der Waals surface area contributed by atoms with Crippen molar-refractivity contribution in [3.05, 3.63) is 30.5 Å². The number of hydrogen-bond donors (Lipinski definition) is 2. The van der Waals surface area contributed by atoms with Crippen LogP contribution in [0.3, 0.4) is 0 Å². The summed E-state index contributed by atoms with van der Waals surface area (Å²) in [6.45, 7) is 0. The number of aromatic nitrogens is 2. The second-order valence-electron chi connectivity index (χ2n) is 8.73. The van der Waals surface area contributed by atoms with Crippen molar-refractivity contribution in [1.82, 2.24) is 20.8 Å². The number of imide groups is 1. The SMILES string of the molecule is O=C(CSc1nncc2ccccc12)NC(=O)NC12CC3CC(CC(C3)C1)C2. The third-order valence-electron chi connectivity index (χ3n) is 6.55. The third-order valence-corrected chi connectivity index (χ3v) is 7.53. The Hall–Kier alpha value is -2.15. The molecule has 0 saturated heterocycles. The molecule has 7 heteroatoms. The minimum atomic E-state index is -0.350. The molecular formula is C21H24N4O2S. The average Bonchev–Trinajstić information content (AvgIpc) is 2.64. The van der Waals surface area contributed by atoms with E-state index in [4.69, 9.17) is 0 Å². The Morgan fingerprint density at radius 3 is 2.46 bits per heavy atom. The molecule has 4 bridgehead atoms. The van der Waals surface area contributed by atoms with Gasteiger partial charge in [0.05, 0.1) is 11.9 Å². The summed E-state index contributed by atoms with van der Waals surface area (Å²) in [5.74, 6) is 2.09. The highest BCUT2D eigenvalue weighted by atomic mass is 32.2. The Morgan fingerprint density at radius 2 is 1.75 bits per heavy atom. The van der Waals surface area contributed by atoms with Crippen LogP contribution in [0.4, 0.5) is 4.79 Å². The maximum Gasteiger partial charge on any atom is 0.321 e. The molecule has 6 nitrogen and oxygen atoms in total. The molecule has 4 aliphatic carbocycles. The first-order valence-corrected chi connectivity index (χ1v) is 11.0. The average molecular weight is 397 g/mol.